The molecule has 0 aliphatic carbocycles. The van der Waals surface area contributed by atoms with Crippen molar-refractivity contribution < 1.29 is 4.39 Å². The van der Waals surface area contributed by atoms with Gasteiger partial charge in [-0.25, -0.2) is 4.39 Å². The number of piperazine rings is 1. The second kappa shape index (κ2) is 5.76. The van der Waals surface area contributed by atoms with Gasteiger partial charge in [-0.15, -0.1) is 0 Å². The van der Waals surface area contributed by atoms with Crippen molar-refractivity contribution in [2.75, 3.05) is 18.0 Å². The molecule has 5 heteroatoms. The summed E-state index contributed by atoms with van der Waals surface area (Å²) in [6.07, 6.45) is 1.07. The zero-order chi connectivity index (χ0) is 13.3. The minimum atomic E-state index is -0.314. The molecule has 0 radical (unpaired) electrons. The maximum Gasteiger partial charge on any atom is 0.125 e. The van der Waals surface area contributed by atoms with Crippen molar-refractivity contribution in [2.45, 2.75) is 32.4 Å². The van der Waals surface area contributed by atoms with E-state index in [4.69, 9.17) is 11.6 Å². The van der Waals surface area contributed by atoms with Gasteiger partial charge in [0.2, 0.25) is 0 Å². The molecule has 0 spiro atoms. The molecule has 0 bridgehead atoms. The molecule has 1 N–H and O–H groups in total. The average molecular weight is 336 g/mol. The number of nitrogens with zero attached hydrogens (tertiary/aromatic N) is 1. The Balaban J connectivity index is 2.34. The Labute approximate surface area is 121 Å². The van der Waals surface area contributed by atoms with Crippen LogP contribution in [0.1, 0.15) is 20.3 Å². The van der Waals surface area contributed by atoms with E-state index in [2.05, 4.69) is 40.0 Å². The summed E-state index contributed by atoms with van der Waals surface area (Å²) in [6, 6.07) is 3.63. The molecular formula is C13H17BrClFN2. The Morgan fingerprint density at radius 3 is 2.89 bits per heavy atom. The lowest BCUT2D eigenvalue weighted by molar-refractivity contribution is 0.397. The maximum absolute atomic E-state index is 13.3. The van der Waals surface area contributed by atoms with Crippen LogP contribution in [0.4, 0.5) is 10.1 Å². The van der Waals surface area contributed by atoms with E-state index in [0.717, 1.165) is 29.7 Å². The van der Waals surface area contributed by atoms with Crippen molar-refractivity contribution in [3.05, 3.63) is 27.4 Å². The first kappa shape index (κ1) is 14.1. The van der Waals surface area contributed by atoms with E-state index < -0.39 is 0 Å². The fourth-order valence-electron chi connectivity index (χ4n) is 2.32. The largest absolute Gasteiger partial charge is 0.364 e. The minimum absolute atomic E-state index is 0.314. The number of anilines is 1. The van der Waals surface area contributed by atoms with Crippen molar-refractivity contribution in [1.82, 2.24) is 5.32 Å². The van der Waals surface area contributed by atoms with Crippen molar-refractivity contribution in [3.63, 3.8) is 0 Å². The molecule has 1 aliphatic rings. The second-order valence-corrected chi connectivity index (χ2v) is 5.99. The highest BCUT2D eigenvalue weighted by Gasteiger charge is 2.27. The molecule has 18 heavy (non-hydrogen) atoms. The van der Waals surface area contributed by atoms with E-state index in [1.54, 1.807) is 0 Å². The van der Waals surface area contributed by atoms with Crippen LogP contribution in [0.15, 0.2) is 16.6 Å². The van der Waals surface area contributed by atoms with E-state index in [-0.39, 0.29) is 5.82 Å². The Kier molecular flexibility index (Phi) is 4.51. The third-order valence-electron chi connectivity index (χ3n) is 3.41. The number of benzene rings is 1. The second-order valence-electron chi connectivity index (χ2n) is 4.73. The summed E-state index contributed by atoms with van der Waals surface area (Å²) in [7, 11) is 0. The fourth-order valence-corrected chi connectivity index (χ4v) is 3.41. The van der Waals surface area contributed by atoms with Gasteiger partial charge < -0.3 is 10.2 Å². The number of rotatable bonds is 2. The normalized spacial score (nSPS) is 24.4. The topological polar surface area (TPSA) is 15.3 Å². The van der Waals surface area contributed by atoms with Gasteiger partial charge in [0.05, 0.1) is 10.7 Å². The molecule has 1 aliphatic heterocycles. The van der Waals surface area contributed by atoms with Crippen LogP contribution in [0.3, 0.4) is 0 Å². The molecule has 0 aromatic heterocycles. The summed E-state index contributed by atoms with van der Waals surface area (Å²) < 4.78 is 14.0. The highest BCUT2D eigenvalue weighted by Crippen LogP contribution is 2.36. The molecule has 1 heterocycles. The van der Waals surface area contributed by atoms with Crippen molar-refractivity contribution in [2.24, 2.45) is 0 Å². The molecule has 0 saturated carbocycles. The summed E-state index contributed by atoms with van der Waals surface area (Å²) in [6.45, 7) is 6.11. The van der Waals surface area contributed by atoms with Crippen LogP contribution < -0.4 is 10.2 Å². The first-order valence-electron chi connectivity index (χ1n) is 6.17. The first-order valence-corrected chi connectivity index (χ1v) is 7.34. The fraction of sp³-hybridized carbons (Fsp3) is 0.538. The van der Waals surface area contributed by atoms with Gasteiger partial charge in [-0.3, -0.25) is 0 Å². The van der Waals surface area contributed by atoms with Gasteiger partial charge in [0.25, 0.3) is 0 Å². The molecule has 2 rings (SSSR count). The lowest BCUT2D eigenvalue weighted by atomic mass is 10.1. The highest BCUT2D eigenvalue weighted by atomic mass is 79.9. The molecule has 2 unspecified atom stereocenters. The number of halogens is 3. The van der Waals surface area contributed by atoms with Crippen molar-refractivity contribution in [3.8, 4) is 0 Å². The summed E-state index contributed by atoms with van der Waals surface area (Å²) in [4.78, 5) is 2.25. The van der Waals surface area contributed by atoms with E-state index in [1.165, 1.54) is 12.1 Å². The van der Waals surface area contributed by atoms with Gasteiger partial charge in [0.15, 0.2) is 0 Å². The van der Waals surface area contributed by atoms with Crippen molar-refractivity contribution in [1.29, 1.82) is 0 Å². The van der Waals surface area contributed by atoms with Crippen LogP contribution >= 0.6 is 27.5 Å². The van der Waals surface area contributed by atoms with Crippen LogP contribution in [0.2, 0.25) is 5.02 Å². The zero-order valence-corrected chi connectivity index (χ0v) is 12.9. The first-order chi connectivity index (χ1) is 8.52. The number of hydrogen-bond donors (Lipinski definition) is 1. The summed E-state index contributed by atoms with van der Waals surface area (Å²) >= 11 is 9.61. The van der Waals surface area contributed by atoms with Crippen LogP contribution in [-0.2, 0) is 0 Å². The van der Waals surface area contributed by atoms with Crippen LogP contribution in [-0.4, -0.2) is 25.2 Å². The minimum Gasteiger partial charge on any atom is -0.364 e. The lowest BCUT2D eigenvalue weighted by Gasteiger charge is -2.41. The van der Waals surface area contributed by atoms with Crippen LogP contribution in [0, 0.1) is 5.82 Å². The molecule has 1 saturated heterocycles. The summed E-state index contributed by atoms with van der Waals surface area (Å²) in [5.74, 6) is -0.314. The van der Waals surface area contributed by atoms with Gasteiger partial charge in [-0.1, -0.05) is 18.5 Å². The number of nitrogens with one attached hydrogen (secondary N) is 1. The van der Waals surface area contributed by atoms with Gasteiger partial charge in [-0.05, 0) is 41.4 Å². The zero-order valence-electron chi connectivity index (χ0n) is 10.5. The molecule has 1 aromatic carbocycles. The molecule has 0 amide bonds. The average Bonchev–Trinajstić information content (AvgIpc) is 2.30. The molecular weight excluding hydrogens is 319 g/mol. The van der Waals surface area contributed by atoms with Crippen LogP contribution in [0.5, 0.6) is 0 Å². The molecule has 2 nitrogen and oxygen atoms in total. The van der Waals surface area contributed by atoms with Gasteiger partial charge in [0.1, 0.15) is 5.82 Å². The number of hydrogen-bond acceptors (Lipinski definition) is 2. The highest BCUT2D eigenvalue weighted by molar-refractivity contribution is 9.10. The lowest BCUT2D eigenvalue weighted by Crippen LogP contribution is -2.55. The molecule has 2 atom stereocenters. The maximum atomic E-state index is 13.3. The Morgan fingerprint density at radius 2 is 2.28 bits per heavy atom. The Morgan fingerprint density at radius 1 is 1.56 bits per heavy atom. The third kappa shape index (κ3) is 2.81. The Hall–Kier alpha value is -0.320. The third-order valence-corrected chi connectivity index (χ3v) is 4.31. The predicted octanol–water partition coefficient (Wildman–Crippen LogP) is 3.82. The van der Waals surface area contributed by atoms with Gasteiger partial charge in [-0.2, -0.15) is 0 Å². The molecule has 1 fully saturated rings. The van der Waals surface area contributed by atoms with Crippen LogP contribution in [0.25, 0.3) is 0 Å². The smallest absolute Gasteiger partial charge is 0.125 e. The van der Waals surface area contributed by atoms with E-state index >= 15 is 0 Å². The summed E-state index contributed by atoms with van der Waals surface area (Å²) in [5.41, 5.74) is 0.894. The quantitative estimate of drug-likeness (QED) is 0.884. The monoisotopic (exact) mass is 334 g/mol. The Bertz CT molecular complexity index is 418. The van der Waals surface area contributed by atoms with Gasteiger partial charge in [0, 0.05) is 29.6 Å². The van der Waals surface area contributed by atoms with E-state index in [1.807, 2.05) is 0 Å². The standard InChI is InChI=1S/C13H17BrClFN2/c1-3-10-7-18(8(2)6-17-10)13-11(14)4-9(16)5-12(13)15/h4-5,8,10,17H,3,6-7H2,1-2H3. The molecule has 100 valence electrons. The van der Waals surface area contributed by atoms with Crippen molar-refractivity contribution >= 4 is 33.2 Å². The van der Waals surface area contributed by atoms with E-state index in [9.17, 15) is 4.39 Å². The summed E-state index contributed by atoms with van der Waals surface area (Å²) in [5, 5.41) is 3.96. The SMILES string of the molecule is CCC1CN(c2c(Cl)cc(F)cc2Br)C(C)CN1. The van der Waals surface area contributed by atoms with E-state index in [0.29, 0.717) is 17.1 Å². The van der Waals surface area contributed by atoms with Gasteiger partial charge >= 0.3 is 0 Å². The molecule has 1 aromatic rings. The predicted molar refractivity (Wildman–Crippen MR) is 78.0 cm³/mol.